The first kappa shape index (κ1) is 8.50. The number of nitrogens with zero attached hydrogens (tertiary/aromatic N) is 2. The summed E-state index contributed by atoms with van der Waals surface area (Å²) in [5, 5.41) is 12.3. The van der Waals surface area contributed by atoms with E-state index in [1.54, 1.807) is 30.6 Å². The quantitative estimate of drug-likeness (QED) is 0.754. The van der Waals surface area contributed by atoms with Gasteiger partial charge in [0.1, 0.15) is 5.82 Å². The van der Waals surface area contributed by atoms with Gasteiger partial charge in [-0.25, -0.2) is 9.97 Å². The van der Waals surface area contributed by atoms with Gasteiger partial charge in [0.15, 0.2) is 11.6 Å². The van der Waals surface area contributed by atoms with E-state index in [2.05, 4.69) is 15.3 Å². The number of hydrogen-bond donors (Lipinski definition) is 2. The minimum absolute atomic E-state index is 0.109. The fourth-order valence-electron chi connectivity index (χ4n) is 1.05. The summed E-state index contributed by atoms with van der Waals surface area (Å²) in [6.07, 6.45) is 3.27. The number of rotatable bonds is 2. The highest BCUT2D eigenvalue weighted by molar-refractivity contribution is 5.58. The van der Waals surface area contributed by atoms with Crippen molar-refractivity contribution in [2.45, 2.75) is 0 Å². The van der Waals surface area contributed by atoms with Crippen LogP contribution in [0.5, 0.6) is 5.75 Å². The summed E-state index contributed by atoms with van der Waals surface area (Å²) >= 11 is 0. The molecule has 0 atom stereocenters. The first-order chi connectivity index (χ1) is 6.86. The summed E-state index contributed by atoms with van der Waals surface area (Å²) in [7, 11) is 0. The summed E-state index contributed by atoms with van der Waals surface area (Å²) < 4.78 is 0. The molecule has 2 rings (SSSR count). The van der Waals surface area contributed by atoms with Crippen molar-refractivity contribution in [2.24, 2.45) is 0 Å². The third-order valence-electron chi connectivity index (χ3n) is 1.70. The minimum atomic E-state index is 0.109. The molecule has 14 heavy (non-hydrogen) atoms. The standard InChI is InChI=1S/C10H9N3O/c14-8-4-3-7-12-10(8)13-9-5-1-2-6-11-9/h1-7,14H,(H,11,12,13). The molecule has 0 aromatic carbocycles. The Labute approximate surface area is 81.3 Å². The molecule has 70 valence electrons. The third-order valence-corrected chi connectivity index (χ3v) is 1.70. The average molecular weight is 187 g/mol. The van der Waals surface area contributed by atoms with E-state index in [9.17, 15) is 5.11 Å². The Hall–Kier alpha value is -2.10. The maximum atomic E-state index is 9.42. The van der Waals surface area contributed by atoms with Crippen LogP contribution in [0.4, 0.5) is 11.6 Å². The second-order valence-corrected chi connectivity index (χ2v) is 2.71. The van der Waals surface area contributed by atoms with Crippen LogP contribution in [-0.2, 0) is 0 Å². The van der Waals surface area contributed by atoms with E-state index in [-0.39, 0.29) is 5.75 Å². The second kappa shape index (κ2) is 3.74. The van der Waals surface area contributed by atoms with Crippen molar-refractivity contribution in [2.75, 3.05) is 5.32 Å². The lowest BCUT2D eigenvalue weighted by Crippen LogP contribution is -1.94. The summed E-state index contributed by atoms with van der Waals surface area (Å²) in [5.41, 5.74) is 0. The summed E-state index contributed by atoms with van der Waals surface area (Å²) in [5.74, 6) is 1.17. The van der Waals surface area contributed by atoms with Gasteiger partial charge in [0.05, 0.1) is 0 Å². The fourth-order valence-corrected chi connectivity index (χ4v) is 1.05. The predicted molar refractivity (Wildman–Crippen MR) is 53.4 cm³/mol. The molecule has 2 aromatic rings. The van der Waals surface area contributed by atoms with E-state index in [0.717, 1.165) is 0 Å². The minimum Gasteiger partial charge on any atom is -0.504 e. The van der Waals surface area contributed by atoms with E-state index in [4.69, 9.17) is 0 Å². The zero-order valence-electron chi connectivity index (χ0n) is 7.38. The number of aromatic hydroxyl groups is 1. The van der Waals surface area contributed by atoms with Gasteiger partial charge in [0, 0.05) is 12.4 Å². The Balaban J connectivity index is 2.24. The lowest BCUT2D eigenvalue weighted by atomic mass is 10.4. The van der Waals surface area contributed by atoms with Gasteiger partial charge in [-0.1, -0.05) is 6.07 Å². The van der Waals surface area contributed by atoms with Crippen LogP contribution in [0.2, 0.25) is 0 Å². The van der Waals surface area contributed by atoms with Crippen LogP contribution >= 0.6 is 0 Å². The summed E-state index contributed by atoms with van der Waals surface area (Å²) in [4.78, 5) is 8.03. The Morgan fingerprint density at radius 2 is 1.86 bits per heavy atom. The van der Waals surface area contributed by atoms with Crippen LogP contribution in [0.3, 0.4) is 0 Å². The molecule has 4 nitrogen and oxygen atoms in total. The van der Waals surface area contributed by atoms with Crippen molar-refractivity contribution >= 4 is 11.6 Å². The molecule has 2 aromatic heterocycles. The number of nitrogens with one attached hydrogen (secondary N) is 1. The van der Waals surface area contributed by atoms with E-state index < -0.39 is 0 Å². The molecule has 0 spiro atoms. The van der Waals surface area contributed by atoms with Crippen molar-refractivity contribution in [1.82, 2.24) is 9.97 Å². The van der Waals surface area contributed by atoms with Gasteiger partial charge in [0.25, 0.3) is 0 Å². The molecule has 0 unspecified atom stereocenters. The van der Waals surface area contributed by atoms with Crippen molar-refractivity contribution in [1.29, 1.82) is 0 Å². The van der Waals surface area contributed by atoms with Crippen LogP contribution in [0.25, 0.3) is 0 Å². The van der Waals surface area contributed by atoms with Gasteiger partial charge in [0.2, 0.25) is 0 Å². The number of aromatic nitrogens is 2. The van der Waals surface area contributed by atoms with Crippen molar-refractivity contribution in [3.05, 3.63) is 42.7 Å². The van der Waals surface area contributed by atoms with Gasteiger partial charge in [-0.05, 0) is 24.3 Å². The maximum Gasteiger partial charge on any atom is 0.174 e. The fraction of sp³-hybridized carbons (Fsp3) is 0. The van der Waals surface area contributed by atoms with Crippen LogP contribution in [0.1, 0.15) is 0 Å². The van der Waals surface area contributed by atoms with Gasteiger partial charge >= 0.3 is 0 Å². The highest BCUT2D eigenvalue weighted by Crippen LogP contribution is 2.21. The number of anilines is 2. The first-order valence-corrected chi connectivity index (χ1v) is 4.18. The van der Waals surface area contributed by atoms with Crippen LogP contribution in [-0.4, -0.2) is 15.1 Å². The van der Waals surface area contributed by atoms with Gasteiger partial charge in [-0.3, -0.25) is 0 Å². The van der Waals surface area contributed by atoms with Gasteiger partial charge < -0.3 is 10.4 Å². The summed E-state index contributed by atoms with van der Waals surface area (Å²) in [6, 6.07) is 8.71. The molecule has 0 aliphatic carbocycles. The van der Waals surface area contributed by atoms with Crippen molar-refractivity contribution in [3.63, 3.8) is 0 Å². The van der Waals surface area contributed by atoms with Crippen molar-refractivity contribution < 1.29 is 5.11 Å². The maximum absolute atomic E-state index is 9.42. The molecule has 0 bridgehead atoms. The zero-order valence-corrected chi connectivity index (χ0v) is 7.38. The smallest absolute Gasteiger partial charge is 0.174 e. The SMILES string of the molecule is Oc1cccnc1Nc1ccccn1. The third kappa shape index (κ3) is 1.80. The Bertz CT molecular complexity index is 417. The Morgan fingerprint density at radius 3 is 2.57 bits per heavy atom. The molecule has 2 N–H and O–H groups in total. The highest BCUT2D eigenvalue weighted by atomic mass is 16.3. The molecular formula is C10H9N3O. The normalized spacial score (nSPS) is 9.71. The Kier molecular flexibility index (Phi) is 2.27. The summed E-state index contributed by atoms with van der Waals surface area (Å²) in [6.45, 7) is 0. The number of pyridine rings is 2. The monoisotopic (exact) mass is 187 g/mol. The molecular weight excluding hydrogens is 178 g/mol. The zero-order chi connectivity index (χ0) is 9.80. The van der Waals surface area contributed by atoms with E-state index >= 15 is 0 Å². The van der Waals surface area contributed by atoms with E-state index in [1.807, 2.05) is 12.1 Å². The molecule has 0 amide bonds. The molecule has 0 radical (unpaired) electrons. The molecule has 4 heteroatoms. The van der Waals surface area contributed by atoms with Crippen LogP contribution in [0.15, 0.2) is 42.7 Å². The average Bonchev–Trinajstić information content (AvgIpc) is 2.23. The topological polar surface area (TPSA) is 58.0 Å². The van der Waals surface area contributed by atoms with Crippen molar-refractivity contribution in [3.8, 4) is 5.75 Å². The lowest BCUT2D eigenvalue weighted by molar-refractivity contribution is 0.475. The highest BCUT2D eigenvalue weighted by Gasteiger charge is 2.00. The molecule has 0 saturated heterocycles. The van der Waals surface area contributed by atoms with Crippen LogP contribution < -0.4 is 5.32 Å². The second-order valence-electron chi connectivity index (χ2n) is 2.71. The largest absolute Gasteiger partial charge is 0.504 e. The lowest BCUT2D eigenvalue weighted by Gasteiger charge is -2.04. The molecule has 0 fully saturated rings. The molecule has 0 aliphatic heterocycles. The Morgan fingerprint density at radius 1 is 1.00 bits per heavy atom. The van der Waals surface area contributed by atoms with E-state index in [1.165, 1.54) is 0 Å². The van der Waals surface area contributed by atoms with E-state index in [0.29, 0.717) is 11.6 Å². The van der Waals surface area contributed by atoms with Gasteiger partial charge in [-0.2, -0.15) is 0 Å². The van der Waals surface area contributed by atoms with Gasteiger partial charge in [-0.15, -0.1) is 0 Å². The van der Waals surface area contributed by atoms with Crippen LogP contribution in [0, 0.1) is 0 Å². The predicted octanol–water partition coefficient (Wildman–Crippen LogP) is 1.93. The first-order valence-electron chi connectivity index (χ1n) is 4.18. The molecule has 2 heterocycles. The number of hydrogen-bond acceptors (Lipinski definition) is 4. The molecule has 0 saturated carbocycles. The molecule has 0 aliphatic rings.